The molecule has 0 aliphatic carbocycles. The van der Waals surface area contributed by atoms with Crippen LogP contribution in [-0.4, -0.2) is 18.2 Å². The molecule has 22 heavy (non-hydrogen) atoms. The van der Waals surface area contributed by atoms with Crippen LogP contribution in [0.15, 0.2) is 60.7 Å². The quantitative estimate of drug-likeness (QED) is 0.572. The third-order valence-electron chi connectivity index (χ3n) is 3.67. The van der Waals surface area contributed by atoms with Gasteiger partial charge in [0.15, 0.2) is 0 Å². The Morgan fingerprint density at radius 2 is 1.64 bits per heavy atom. The molecular formula is C18H15NO3. The van der Waals surface area contributed by atoms with Crippen LogP contribution in [-0.2, 0) is 0 Å². The van der Waals surface area contributed by atoms with Crippen molar-refractivity contribution in [2.24, 2.45) is 0 Å². The molecule has 0 spiro atoms. The zero-order valence-electron chi connectivity index (χ0n) is 12.0. The van der Waals surface area contributed by atoms with Crippen LogP contribution in [0.1, 0.15) is 10.4 Å². The summed E-state index contributed by atoms with van der Waals surface area (Å²) in [6.07, 6.45) is 0. The molecule has 1 amide bonds. The summed E-state index contributed by atoms with van der Waals surface area (Å²) < 4.78 is 5.18. The number of rotatable bonds is 3. The Morgan fingerprint density at radius 1 is 0.955 bits per heavy atom. The van der Waals surface area contributed by atoms with Gasteiger partial charge in [0.25, 0.3) is 5.91 Å². The van der Waals surface area contributed by atoms with Gasteiger partial charge in [0.1, 0.15) is 5.75 Å². The summed E-state index contributed by atoms with van der Waals surface area (Å²) in [4.78, 5) is 11.8. The van der Waals surface area contributed by atoms with Gasteiger partial charge < -0.3 is 4.74 Å². The lowest BCUT2D eigenvalue weighted by atomic mass is 9.95. The van der Waals surface area contributed by atoms with E-state index in [1.807, 2.05) is 48.5 Å². The summed E-state index contributed by atoms with van der Waals surface area (Å²) in [6.45, 7) is 0. The molecular weight excluding hydrogens is 278 g/mol. The fourth-order valence-electron chi connectivity index (χ4n) is 2.59. The standard InChI is InChI=1S/C18H15NO3/c1-22-13-10-8-12(9-11-13)14-4-2-6-16-15(14)5-3-7-17(16)18(20)19-21/h2-11,21H,1H3,(H,19,20). The summed E-state index contributed by atoms with van der Waals surface area (Å²) in [7, 11) is 1.63. The third-order valence-corrected chi connectivity index (χ3v) is 3.67. The minimum absolute atomic E-state index is 0.440. The lowest BCUT2D eigenvalue weighted by Gasteiger charge is -2.10. The van der Waals surface area contributed by atoms with Gasteiger partial charge in [0, 0.05) is 5.56 Å². The number of fused-ring (bicyclic) bond motifs is 1. The molecule has 0 aliphatic rings. The molecule has 0 saturated heterocycles. The van der Waals surface area contributed by atoms with E-state index in [0.29, 0.717) is 5.56 Å². The molecule has 0 unspecified atom stereocenters. The summed E-state index contributed by atoms with van der Waals surface area (Å²) in [6, 6.07) is 19.0. The Labute approximate surface area is 127 Å². The van der Waals surface area contributed by atoms with E-state index in [1.54, 1.807) is 24.7 Å². The normalized spacial score (nSPS) is 10.5. The maximum Gasteiger partial charge on any atom is 0.275 e. The van der Waals surface area contributed by atoms with E-state index in [1.165, 1.54) is 0 Å². The van der Waals surface area contributed by atoms with E-state index in [-0.39, 0.29) is 0 Å². The van der Waals surface area contributed by atoms with Gasteiger partial charge in [-0.25, -0.2) is 5.48 Å². The zero-order valence-corrected chi connectivity index (χ0v) is 12.0. The first-order valence-electron chi connectivity index (χ1n) is 6.85. The monoisotopic (exact) mass is 293 g/mol. The Hall–Kier alpha value is -2.85. The van der Waals surface area contributed by atoms with Gasteiger partial charge in [0.2, 0.25) is 0 Å². The fraction of sp³-hybridized carbons (Fsp3) is 0.0556. The van der Waals surface area contributed by atoms with Crippen LogP contribution < -0.4 is 10.2 Å². The SMILES string of the molecule is COc1ccc(-c2cccc3c(C(=O)NO)cccc23)cc1. The summed E-state index contributed by atoms with van der Waals surface area (Å²) in [5.74, 6) is 0.279. The van der Waals surface area contributed by atoms with E-state index in [0.717, 1.165) is 27.6 Å². The third kappa shape index (κ3) is 2.40. The molecule has 3 aromatic carbocycles. The number of nitrogens with one attached hydrogen (secondary N) is 1. The Morgan fingerprint density at radius 3 is 2.32 bits per heavy atom. The van der Waals surface area contributed by atoms with Crippen LogP contribution in [0.2, 0.25) is 0 Å². The van der Waals surface area contributed by atoms with Crippen molar-refractivity contribution in [3.63, 3.8) is 0 Å². The summed E-state index contributed by atoms with van der Waals surface area (Å²) in [5.41, 5.74) is 4.19. The predicted molar refractivity (Wildman–Crippen MR) is 85.2 cm³/mol. The molecule has 0 fully saturated rings. The van der Waals surface area contributed by atoms with Crippen LogP contribution in [0.3, 0.4) is 0 Å². The van der Waals surface area contributed by atoms with Crippen molar-refractivity contribution >= 4 is 16.7 Å². The van der Waals surface area contributed by atoms with Crippen LogP contribution in [0, 0.1) is 0 Å². The second kappa shape index (κ2) is 5.87. The molecule has 3 rings (SSSR count). The van der Waals surface area contributed by atoms with Crippen LogP contribution in [0.25, 0.3) is 21.9 Å². The molecule has 110 valence electrons. The molecule has 0 heterocycles. The molecule has 0 bridgehead atoms. The van der Waals surface area contributed by atoms with E-state index < -0.39 is 5.91 Å². The molecule has 0 aliphatic heterocycles. The van der Waals surface area contributed by atoms with E-state index in [2.05, 4.69) is 0 Å². The molecule has 0 aromatic heterocycles. The lowest BCUT2D eigenvalue weighted by Crippen LogP contribution is -2.18. The molecule has 3 aromatic rings. The van der Waals surface area contributed by atoms with Gasteiger partial charge in [-0.05, 0) is 40.1 Å². The number of ether oxygens (including phenoxy) is 1. The number of amides is 1. The first-order valence-corrected chi connectivity index (χ1v) is 6.85. The topological polar surface area (TPSA) is 58.6 Å². The van der Waals surface area contributed by atoms with Gasteiger partial charge in [-0.15, -0.1) is 0 Å². The highest BCUT2D eigenvalue weighted by molar-refractivity contribution is 6.10. The van der Waals surface area contributed by atoms with Crippen LogP contribution in [0.5, 0.6) is 5.75 Å². The highest BCUT2D eigenvalue weighted by Gasteiger charge is 2.11. The van der Waals surface area contributed by atoms with Crippen molar-refractivity contribution in [3.8, 4) is 16.9 Å². The van der Waals surface area contributed by atoms with Gasteiger partial charge in [-0.2, -0.15) is 0 Å². The molecule has 4 heteroatoms. The van der Waals surface area contributed by atoms with E-state index in [4.69, 9.17) is 9.94 Å². The van der Waals surface area contributed by atoms with Crippen LogP contribution >= 0.6 is 0 Å². The van der Waals surface area contributed by atoms with E-state index in [9.17, 15) is 4.79 Å². The second-order valence-electron chi connectivity index (χ2n) is 4.88. The zero-order chi connectivity index (χ0) is 15.5. The summed E-state index contributed by atoms with van der Waals surface area (Å²) >= 11 is 0. The Balaban J connectivity index is 2.20. The number of hydroxylamine groups is 1. The number of benzene rings is 3. The molecule has 0 saturated carbocycles. The molecule has 0 atom stereocenters. The predicted octanol–water partition coefficient (Wildman–Crippen LogP) is 3.63. The average molecular weight is 293 g/mol. The molecule has 0 radical (unpaired) electrons. The van der Waals surface area contributed by atoms with Crippen molar-refractivity contribution in [1.82, 2.24) is 5.48 Å². The molecule has 2 N–H and O–H groups in total. The fourth-order valence-corrected chi connectivity index (χ4v) is 2.59. The number of carbonyl (C=O) groups is 1. The van der Waals surface area contributed by atoms with Gasteiger partial charge in [0.05, 0.1) is 7.11 Å². The Kier molecular flexibility index (Phi) is 3.76. The van der Waals surface area contributed by atoms with Gasteiger partial charge in [-0.1, -0.05) is 42.5 Å². The minimum atomic E-state index is -0.516. The van der Waals surface area contributed by atoms with Crippen molar-refractivity contribution in [3.05, 3.63) is 66.2 Å². The van der Waals surface area contributed by atoms with Crippen molar-refractivity contribution in [1.29, 1.82) is 0 Å². The second-order valence-corrected chi connectivity index (χ2v) is 4.88. The lowest BCUT2D eigenvalue weighted by molar-refractivity contribution is 0.0708. The number of methoxy groups -OCH3 is 1. The first-order chi connectivity index (χ1) is 10.7. The maximum atomic E-state index is 11.8. The number of hydrogen-bond acceptors (Lipinski definition) is 3. The van der Waals surface area contributed by atoms with Crippen molar-refractivity contribution in [2.45, 2.75) is 0 Å². The maximum absolute atomic E-state index is 11.8. The smallest absolute Gasteiger partial charge is 0.275 e. The van der Waals surface area contributed by atoms with Crippen molar-refractivity contribution < 1.29 is 14.7 Å². The van der Waals surface area contributed by atoms with E-state index >= 15 is 0 Å². The van der Waals surface area contributed by atoms with Gasteiger partial charge >= 0.3 is 0 Å². The number of hydrogen-bond donors (Lipinski definition) is 2. The Bertz CT molecular complexity index is 825. The highest BCUT2D eigenvalue weighted by atomic mass is 16.5. The molecule has 4 nitrogen and oxygen atoms in total. The largest absolute Gasteiger partial charge is 0.497 e. The van der Waals surface area contributed by atoms with Crippen LogP contribution in [0.4, 0.5) is 0 Å². The van der Waals surface area contributed by atoms with Gasteiger partial charge in [-0.3, -0.25) is 10.0 Å². The summed E-state index contributed by atoms with van der Waals surface area (Å²) in [5, 5.41) is 10.6. The average Bonchev–Trinajstić information content (AvgIpc) is 2.60. The van der Waals surface area contributed by atoms with Crippen molar-refractivity contribution in [2.75, 3.05) is 7.11 Å². The number of carbonyl (C=O) groups excluding carboxylic acids is 1. The minimum Gasteiger partial charge on any atom is -0.497 e. The highest BCUT2D eigenvalue weighted by Crippen LogP contribution is 2.31. The first kappa shape index (κ1) is 14.1.